The van der Waals surface area contributed by atoms with Gasteiger partial charge in [0.15, 0.2) is 0 Å². The van der Waals surface area contributed by atoms with Crippen LogP contribution in [0.15, 0.2) is 53.1 Å². The summed E-state index contributed by atoms with van der Waals surface area (Å²) >= 11 is 0. The number of carbonyl (C=O) groups is 1. The quantitative estimate of drug-likeness (QED) is 0.700. The van der Waals surface area contributed by atoms with Crippen molar-refractivity contribution in [3.8, 4) is 17.2 Å². The van der Waals surface area contributed by atoms with E-state index >= 15 is 0 Å². The Bertz CT molecular complexity index is 903. The molecule has 1 fully saturated rings. The lowest BCUT2D eigenvalue weighted by molar-refractivity contribution is 0.0707. The van der Waals surface area contributed by atoms with E-state index < -0.39 is 0 Å². The van der Waals surface area contributed by atoms with Gasteiger partial charge in [-0.2, -0.15) is 0 Å². The Balaban J connectivity index is 1.41. The van der Waals surface area contributed by atoms with Crippen LogP contribution in [0.5, 0.6) is 5.75 Å². The largest absolute Gasteiger partial charge is 0.497 e. The summed E-state index contributed by atoms with van der Waals surface area (Å²) in [5.74, 6) is 1.73. The summed E-state index contributed by atoms with van der Waals surface area (Å²) in [5, 5.41) is 7.92. The van der Waals surface area contributed by atoms with Gasteiger partial charge in [0, 0.05) is 37.9 Å². The summed E-state index contributed by atoms with van der Waals surface area (Å²) in [6.07, 6.45) is 1.77. The van der Waals surface area contributed by atoms with E-state index in [-0.39, 0.29) is 11.8 Å². The van der Waals surface area contributed by atoms with Crippen molar-refractivity contribution >= 4 is 11.7 Å². The van der Waals surface area contributed by atoms with Crippen LogP contribution in [-0.4, -0.2) is 59.3 Å². The first kappa shape index (κ1) is 17.0. The minimum Gasteiger partial charge on any atom is -0.497 e. The molecule has 8 heteroatoms. The summed E-state index contributed by atoms with van der Waals surface area (Å²) in [7, 11) is 1.60. The van der Waals surface area contributed by atoms with Crippen molar-refractivity contribution in [2.45, 2.75) is 0 Å². The molecule has 1 aromatic carbocycles. The van der Waals surface area contributed by atoms with Gasteiger partial charge in [0.05, 0.1) is 7.11 Å². The minimum absolute atomic E-state index is 0.00658. The Kier molecular flexibility index (Phi) is 4.69. The molecule has 138 valence electrons. The number of piperazine rings is 1. The van der Waals surface area contributed by atoms with Crippen LogP contribution in [0.25, 0.3) is 11.5 Å². The maximum Gasteiger partial charge on any atom is 0.311 e. The third-order valence-corrected chi connectivity index (χ3v) is 4.49. The predicted octanol–water partition coefficient (Wildman–Crippen LogP) is 2.10. The highest BCUT2D eigenvalue weighted by Gasteiger charge is 2.26. The van der Waals surface area contributed by atoms with E-state index in [1.54, 1.807) is 30.3 Å². The lowest BCUT2D eigenvalue weighted by atomic mass is 10.2. The lowest BCUT2D eigenvalue weighted by Gasteiger charge is -2.34. The molecule has 0 spiro atoms. The Morgan fingerprint density at radius 2 is 1.81 bits per heavy atom. The monoisotopic (exact) mass is 365 g/mol. The molecule has 0 aliphatic carbocycles. The van der Waals surface area contributed by atoms with Crippen molar-refractivity contribution in [1.82, 2.24) is 20.1 Å². The van der Waals surface area contributed by atoms with Crippen LogP contribution in [0.4, 0.5) is 5.82 Å². The van der Waals surface area contributed by atoms with Gasteiger partial charge in [0.1, 0.15) is 11.6 Å². The third-order valence-electron chi connectivity index (χ3n) is 4.49. The molecule has 0 N–H and O–H groups in total. The molecule has 3 aromatic rings. The Morgan fingerprint density at radius 1 is 1.04 bits per heavy atom. The van der Waals surface area contributed by atoms with Gasteiger partial charge < -0.3 is 19.0 Å². The standard InChI is InChI=1S/C19H19N5O3/c1-26-15-7-5-14(6-8-15)17-21-22-18(27-17)19(25)24-12-10-23(11-13-24)16-4-2-3-9-20-16/h2-9H,10-13H2,1H3. The average Bonchev–Trinajstić information content (AvgIpc) is 3.24. The summed E-state index contributed by atoms with van der Waals surface area (Å²) in [4.78, 5) is 20.9. The Hall–Kier alpha value is -3.42. The molecule has 0 atom stereocenters. The zero-order valence-corrected chi connectivity index (χ0v) is 14.9. The molecule has 1 aliphatic heterocycles. The molecule has 1 saturated heterocycles. The number of nitrogens with zero attached hydrogens (tertiary/aromatic N) is 5. The SMILES string of the molecule is COc1ccc(-c2nnc(C(=O)N3CCN(c4ccccn4)CC3)o2)cc1. The fraction of sp³-hybridized carbons (Fsp3) is 0.263. The second-order valence-corrected chi connectivity index (χ2v) is 6.11. The zero-order valence-electron chi connectivity index (χ0n) is 14.9. The molecule has 2 aromatic heterocycles. The van der Waals surface area contributed by atoms with Gasteiger partial charge in [-0.25, -0.2) is 4.98 Å². The van der Waals surface area contributed by atoms with Crippen molar-refractivity contribution in [3.63, 3.8) is 0 Å². The van der Waals surface area contributed by atoms with Crippen LogP contribution >= 0.6 is 0 Å². The maximum atomic E-state index is 12.7. The molecular weight excluding hydrogens is 346 g/mol. The molecule has 0 bridgehead atoms. The number of rotatable bonds is 4. The molecule has 4 rings (SSSR count). The van der Waals surface area contributed by atoms with Gasteiger partial charge in [-0.1, -0.05) is 6.07 Å². The van der Waals surface area contributed by atoms with Gasteiger partial charge in [-0.05, 0) is 36.4 Å². The number of hydrogen-bond donors (Lipinski definition) is 0. The van der Waals surface area contributed by atoms with Gasteiger partial charge >= 0.3 is 11.8 Å². The van der Waals surface area contributed by atoms with E-state index in [4.69, 9.17) is 9.15 Å². The Labute approximate surface area is 156 Å². The molecule has 0 radical (unpaired) electrons. The molecule has 8 nitrogen and oxygen atoms in total. The summed E-state index contributed by atoms with van der Waals surface area (Å²) < 4.78 is 10.7. The first-order valence-corrected chi connectivity index (χ1v) is 8.68. The minimum atomic E-state index is -0.247. The van der Waals surface area contributed by atoms with Crippen molar-refractivity contribution in [1.29, 1.82) is 0 Å². The lowest BCUT2D eigenvalue weighted by Crippen LogP contribution is -2.49. The summed E-state index contributed by atoms with van der Waals surface area (Å²) in [6.45, 7) is 2.58. The molecule has 1 aliphatic rings. The van der Waals surface area contributed by atoms with Gasteiger partial charge in [-0.15, -0.1) is 10.2 Å². The van der Waals surface area contributed by atoms with E-state index in [0.717, 1.165) is 17.1 Å². The highest BCUT2D eigenvalue weighted by Crippen LogP contribution is 2.22. The van der Waals surface area contributed by atoms with Crippen molar-refractivity contribution in [3.05, 3.63) is 54.6 Å². The van der Waals surface area contributed by atoms with Crippen LogP contribution in [0.1, 0.15) is 10.7 Å². The van der Waals surface area contributed by atoms with Crippen molar-refractivity contribution in [2.24, 2.45) is 0 Å². The van der Waals surface area contributed by atoms with E-state index in [1.165, 1.54) is 0 Å². The third kappa shape index (κ3) is 3.59. The van der Waals surface area contributed by atoms with Gasteiger partial charge in [-0.3, -0.25) is 4.79 Å². The smallest absolute Gasteiger partial charge is 0.311 e. The second kappa shape index (κ2) is 7.45. The zero-order chi connectivity index (χ0) is 18.6. The molecule has 27 heavy (non-hydrogen) atoms. The molecule has 0 saturated carbocycles. The van der Waals surface area contributed by atoms with Crippen LogP contribution in [-0.2, 0) is 0 Å². The van der Waals surface area contributed by atoms with Gasteiger partial charge in [0.25, 0.3) is 0 Å². The number of carbonyl (C=O) groups excluding carboxylic acids is 1. The van der Waals surface area contributed by atoms with E-state index in [1.807, 2.05) is 30.3 Å². The first-order valence-electron chi connectivity index (χ1n) is 8.68. The number of hydrogen-bond acceptors (Lipinski definition) is 7. The highest BCUT2D eigenvalue weighted by atomic mass is 16.5. The predicted molar refractivity (Wildman–Crippen MR) is 98.6 cm³/mol. The topological polar surface area (TPSA) is 84.6 Å². The molecule has 1 amide bonds. The van der Waals surface area contributed by atoms with Crippen LogP contribution in [0, 0.1) is 0 Å². The number of amides is 1. The molecule has 0 unspecified atom stereocenters. The number of benzene rings is 1. The number of anilines is 1. The van der Waals surface area contributed by atoms with E-state index in [2.05, 4.69) is 20.1 Å². The van der Waals surface area contributed by atoms with E-state index in [9.17, 15) is 4.79 Å². The molecule has 3 heterocycles. The van der Waals surface area contributed by atoms with Crippen LogP contribution in [0.2, 0.25) is 0 Å². The van der Waals surface area contributed by atoms with E-state index in [0.29, 0.717) is 32.1 Å². The number of pyridine rings is 1. The Morgan fingerprint density at radius 3 is 2.48 bits per heavy atom. The summed E-state index contributed by atoms with van der Waals surface area (Å²) in [6, 6.07) is 13.0. The fourth-order valence-electron chi connectivity index (χ4n) is 2.97. The number of ether oxygens (including phenoxy) is 1. The fourth-order valence-corrected chi connectivity index (χ4v) is 2.97. The van der Waals surface area contributed by atoms with Crippen molar-refractivity contribution in [2.75, 3.05) is 38.2 Å². The second-order valence-electron chi connectivity index (χ2n) is 6.11. The van der Waals surface area contributed by atoms with Crippen molar-refractivity contribution < 1.29 is 13.9 Å². The van der Waals surface area contributed by atoms with Crippen LogP contribution < -0.4 is 9.64 Å². The normalized spacial score (nSPS) is 14.3. The average molecular weight is 365 g/mol. The summed E-state index contributed by atoms with van der Waals surface area (Å²) in [5.41, 5.74) is 0.738. The first-order chi connectivity index (χ1) is 13.2. The number of aromatic nitrogens is 3. The number of methoxy groups -OCH3 is 1. The van der Waals surface area contributed by atoms with Gasteiger partial charge in [0.2, 0.25) is 5.89 Å². The van der Waals surface area contributed by atoms with Crippen LogP contribution in [0.3, 0.4) is 0 Å². The highest BCUT2D eigenvalue weighted by molar-refractivity contribution is 5.90. The molecular formula is C19H19N5O3. The maximum absolute atomic E-state index is 12.7.